The van der Waals surface area contributed by atoms with E-state index in [1.165, 1.54) is 0 Å². The van der Waals surface area contributed by atoms with Crippen LogP contribution in [0.4, 0.5) is 0 Å². The molecule has 0 aromatic rings. The smallest absolute Gasteiger partial charge is 0.0897 e. The van der Waals surface area contributed by atoms with Gasteiger partial charge in [-0.05, 0) is 20.5 Å². The summed E-state index contributed by atoms with van der Waals surface area (Å²) in [5, 5.41) is 12.6. The van der Waals surface area contributed by atoms with Crippen LogP contribution < -0.4 is 5.32 Å². The van der Waals surface area contributed by atoms with Crippen molar-refractivity contribution in [3.63, 3.8) is 0 Å². The molecular weight excluding hydrogens is 180 g/mol. The van der Waals surface area contributed by atoms with E-state index in [9.17, 15) is 5.11 Å². The highest BCUT2D eigenvalue weighted by atomic mass is 16.5. The molecule has 0 radical (unpaired) electrons. The van der Waals surface area contributed by atoms with Gasteiger partial charge in [-0.15, -0.1) is 0 Å². The van der Waals surface area contributed by atoms with Crippen molar-refractivity contribution in [1.29, 1.82) is 0 Å². The van der Waals surface area contributed by atoms with Crippen LogP contribution in [0.5, 0.6) is 0 Å². The summed E-state index contributed by atoms with van der Waals surface area (Å²) in [6.07, 6.45) is -0.387. The van der Waals surface area contributed by atoms with Crippen molar-refractivity contribution < 1.29 is 9.84 Å². The predicted octanol–water partition coefficient (Wildman–Crippen LogP) is -0.0749. The fourth-order valence-corrected chi connectivity index (χ4v) is 1.01. The molecule has 0 fully saturated rings. The molecule has 0 bridgehead atoms. The number of ether oxygens (including phenoxy) is 1. The normalized spacial score (nSPS) is 13.5. The maximum Gasteiger partial charge on any atom is 0.0897 e. The minimum absolute atomic E-state index is 0.387. The standard InChI is InChI=1S/C10H24N2O2/c1-4-12(3)7-6-11-8-10(13)9-14-5-2/h10-11,13H,4-9H2,1-3H3. The molecule has 4 heteroatoms. The minimum Gasteiger partial charge on any atom is -0.389 e. The van der Waals surface area contributed by atoms with E-state index < -0.39 is 0 Å². The lowest BCUT2D eigenvalue weighted by Crippen LogP contribution is -2.35. The average Bonchev–Trinajstić information content (AvgIpc) is 2.21. The van der Waals surface area contributed by atoms with Crippen LogP contribution in [0.2, 0.25) is 0 Å². The first-order valence-electron chi connectivity index (χ1n) is 5.35. The number of aliphatic hydroxyl groups excluding tert-OH is 1. The Hall–Kier alpha value is -0.160. The number of nitrogens with one attached hydrogen (secondary N) is 1. The van der Waals surface area contributed by atoms with Gasteiger partial charge in [0.2, 0.25) is 0 Å². The van der Waals surface area contributed by atoms with Crippen LogP contribution in [0.1, 0.15) is 13.8 Å². The molecule has 0 aliphatic heterocycles. The highest BCUT2D eigenvalue weighted by molar-refractivity contribution is 4.59. The Morgan fingerprint density at radius 3 is 2.71 bits per heavy atom. The van der Waals surface area contributed by atoms with Gasteiger partial charge in [0, 0.05) is 26.2 Å². The fraction of sp³-hybridized carbons (Fsp3) is 1.00. The topological polar surface area (TPSA) is 44.7 Å². The Kier molecular flexibility index (Phi) is 9.29. The second-order valence-electron chi connectivity index (χ2n) is 3.41. The fourth-order valence-electron chi connectivity index (χ4n) is 1.01. The Bertz CT molecular complexity index is 123. The van der Waals surface area contributed by atoms with Gasteiger partial charge in [-0.2, -0.15) is 0 Å². The number of aliphatic hydroxyl groups is 1. The van der Waals surface area contributed by atoms with Crippen molar-refractivity contribution in [2.75, 3.05) is 46.4 Å². The zero-order chi connectivity index (χ0) is 10.8. The van der Waals surface area contributed by atoms with Gasteiger partial charge in [0.1, 0.15) is 0 Å². The van der Waals surface area contributed by atoms with E-state index in [2.05, 4.69) is 24.2 Å². The van der Waals surface area contributed by atoms with E-state index >= 15 is 0 Å². The van der Waals surface area contributed by atoms with Crippen LogP contribution in [0, 0.1) is 0 Å². The monoisotopic (exact) mass is 204 g/mol. The molecule has 0 amide bonds. The summed E-state index contributed by atoms with van der Waals surface area (Å²) < 4.78 is 5.09. The van der Waals surface area contributed by atoms with Gasteiger partial charge in [-0.3, -0.25) is 0 Å². The number of rotatable bonds is 9. The SMILES string of the molecule is CCOCC(O)CNCCN(C)CC. The molecule has 0 rings (SSSR count). The summed E-state index contributed by atoms with van der Waals surface area (Å²) in [7, 11) is 2.08. The van der Waals surface area contributed by atoms with E-state index in [1.807, 2.05) is 6.92 Å². The maximum atomic E-state index is 9.40. The van der Waals surface area contributed by atoms with Crippen LogP contribution in [0.25, 0.3) is 0 Å². The highest BCUT2D eigenvalue weighted by Gasteiger charge is 2.02. The summed E-state index contributed by atoms with van der Waals surface area (Å²) in [5.74, 6) is 0. The summed E-state index contributed by atoms with van der Waals surface area (Å²) in [6, 6.07) is 0. The molecule has 1 atom stereocenters. The van der Waals surface area contributed by atoms with Crippen molar-refractivity contribution >= 4 is 0 Å². The number of hydrogen-bond donors (Lipinski definition) is 2. The zero-order valence-electron chi connectivity index (χ0n) is 9.62. The summed E-state index contributed by atoms with van der Waals surface area (Å²) in [4.78, 5) is 2.22. The van der Waals surface area contributed by atoms with Gasteiger partial charge < -0.3 is 20.1 Å². The Labute approximate surface area is 87.2 Å². The molecule has 14 heavy (non-hydrogen) atoms. The number of hydrogen-bond acceptors (Lipinski definition) is 4. The molecule has 2 N–H and O–H groups in total. The first-order valence-corrected chi connectivity index (χ1v) is 5.35. The van der Waals surface area contributed by atoms with Gasteiger partial charge in [0.25, 0.3) is 0 Å². The number of likely N-dealkylation sites (N-methyl/N-ethyl adjacent to an activating group) is 1. The summed E-state index contributed by atoms with van der Waals surface area (Å²) in [5.41, 5.74) is 0. The Morgan fingerprint density at radius 1 is 1.43 bits per heavy atom. The first kappa shape index (κ1) is 13.8. The van der Waals surface area contributed by atoms with Crippen LogP contribution in [0.15, 0.2) is 0 Å². The van der Waals surface area contributed by atoms with Crippen molar-refractivity contribution in [2.45, 2.75) is 20.0 Å². The Morgan fingerprint density at radius 2 is 2.14 bits per heavy atom. The molecule has 0 aliphatic carbocycles. The molecule has 0 aromatic carbocycles. The second kappa shape index (κ2) is 9.40. The third kappa shape index (κ3) is 8.44. The predicted molar refractivity (Wildman–Crippen MR) is 58.5 cm³/mol. The van der Waals surface area contributed by atoms with Crippen molar-refractivity contribution in [3.05, 3.63) is 0 Å². The van der Waals surface area contributed by atoms with Crippen LogP contribution in [-0.2, 0) is 4.74 Å². The molecular formula is C10H24N2O2. The molecule has 0 saturated heterocycles. The lowest BCUT2D eigenvalue weighted by atomic mass is 10.3. The highest BCUT2D eigenvalue weighted by Crippen LogP contribution is 1.84. The third-order valence-corrected chi connectivity index (χ3v) is 2.10. The van der Waals surface area contributed by atoms with Gasteiger partial charge in [-0.25, -0.2) is 0 Å². The molecule has 0 saturated carbocycles. The summed E-state index contributed by atoms with van der Waals surface area (Å²) >= 11 is 0. The maximum absolute atomic E-state index is 9.40. The van der Waals surface area contributed by atoms with E-state index in [1.54, 1.807) is 0 Å². The van der Waals surface area contributed by atoms with Gasteiger partial charge in [0.15, 0.2) is 0 Å². The molecule has 0 spiro atoms. The lowest BCUT2D eigenvalue weighted by molar-refractivity contribution is 0.0427. The largest absolute Gasteiger partial charge is 0.389 e. The molecule has 0 heterocycles. The van der Waals surface area contributed by atoms with Gasteiger partial charge in [-0.1, -0.05) is 6.92 Å². The Balaban J connectivity index is 3.18. The van der Waals surface area contributed by atoms with Gasteiger partial charge >= 0.3 is 0 Å². The van der Waals surface area contributed by atoms with Crippen molar-refractivity contribution in [1.82, 2.24) is 10.2 Å². The summed E-state index contributed by atoms with van der Waals surface area (Å²) in [6.45, 7) is 8.73. The minimum atomic E-state index is -0.387. The molecule has 86 valence electrons. The van der Waals surface area contributed by atoms with Crippen LogP contribution >= 0.6 is 0 Å². The zero-order valence-corrected chi connectivity index (χ0v) is 9.62. The molecule has 0 aliphatic rings. The van der Waals surface area contributed by atoms with E-state index in [0.717, 1.165) is 19.6 Å². The average molecular weight is 204 g/mol. The van der Waals surface area contributed by atoms with Crippen LogP contribution in [0.3, 0.4) is 0 Å². The molecule has 1 unspecified atom stereocenters. The second-order valence-corrected chi connectivity index (χ2v) is 3.41. The van der Waals surface area contributed by atoms with Crippen molar-refractivity contribution in [3.8, 4) is 0 Å². The molecule has 4 nitrogen and oxygen atoms in total. The van der Waals surface area contributed by atoms with E-state index in [-0.39, 0.29) is 6.10 Å². The van der Waals surface area contributed by atoms with Gasteiger partial charge in [0.05, 0.1) is 12.7 Å². The van der Waals surface area contributed by atoms with E-state index in [0.29, 0.717) is 19.8 Å². The first-order chi connectivity index (χ1) is 6.70. The molecule has 0 aromatic heterocycles. The van der Waals surface area contributed by atoms with Crippen LogP contribution in [-0.4, -0.2) is 62.6 Å². The lowest BCUT2D eigenvalue weighted by Gasteiger charge is -2.15. The van der Waals surface area contributed by atoms with E-state index in [4.69, 9.17) is 4.74 Å². The quantitative estimate of drug-likeness (QED) is 0.516. The third-order valence-electron chi connectivity index (χ3n) is 2.10. The number of nitrogens with zero attached hydrogens (tertiary/aromatic N) is 1. The van der Waals surface area contributed by atoms with Crippen molar-refractivity contribution in [2.24, 2.45) is 0 Å².